The van der Waals surface area contributed by atoms with Gasteiger partial charge in [0.25, 0.3) is 0 Å². The zero-order valence-corrected chi connectivity index (χ0v) is 12.7. The zero-order valence-electron chi connectivity index (χ0n) is 11.9. The van der Waals surface area contributed by atoms with Crippen molar-refractivity contribution in [3.63, 3.8) is 0 Å². The Morgan fingerprint density at radius 2 is 1.86 bits per heavy atom. The lowest BCUT2D eigenvalue weighted by molar-refractivity contribution is 0.739. The highest BCUT2D eigenvalue weighted by molar-refractivity contribution is 6.30. The Morgan fingerprint density at radius 1 is 1.09 bits per heavy atom. The van der Waals surface area contributed by atoms with Crippen molar-refractivity contribution in [1.82, 2.24) is 9.55 Å². The highest BCUT2D eigenvalue weighted by atomic mass is 35.5. The summed E-state index contributed by atoms with van der Waals surface area (Å²) in [5, 5.41) is 9.92. The van der Waals surface area contributed by atoms with E-state index in [-0.39, 0.29) is 0 Å². The first-order chi connectivity index (χ1) is 10.8. The molecule has 0 amide bonds. The van der Waals surface area contributed by atoms with E-state index in [2.05, 4.69) is 15.6 Å². The number of hydrogen-bond donors (Lipinski definition) is 0. The number of hydrogen-bond acceptors (Lipinski definition) is 2. The largest absolute Gasteiger partial charge is 0.330 e. The Bertz CT molecular complexity index is 813. The van der Waals surface area contributed by atoms with E-state index in [1.54, 1.807) is 6.20 Å². The normalized spacial score (nSPS) is 10.4. The molecule has 2 aromatic carbocycles. The molecule has 0 saturated heterocycles. The Kier molecular flexibility index (Phi) is 4.22. The number of rotatable bonds is 4. The van der Waals surface area contributed by atoms with Gasteiger partial charge < -0.3 is 4.57 Å². The Hall–Kier alpha value is -2.57. The highest BCUT2D eigenvalue weighted by Gasteiger charge is 2.07. The van der Waals surface area contributed by atoms with Gasteiger partial charge in [0.05, 0.1) is 18.2 Å². The van der Waals surface area contributed by atoms with E-state index in [0.29, 0.717) is 12.1 Å². The van der Waals surface area contributed by atoms with Crippen LogP contribution < -0.4 is 0 Å². The minimum atomic E-state index is 0.645. The van der Waals surface area contributed by atoms with Gasteiger partial charge in [-0.15, -0.1) is 0 Å². The molecule has 0 aliphatic rings. The molecule has 1 heterocycles. The predicted octanol–water partition coefficient (Wildman–Crippen LogP) is 4.05. The first-order valence-corrected chi connectivity index (χ1v) is 7.36. The molecule has 0 N–H and O–H groups in total. The van der Waals surface area contributed by atoms with Crippen molar-refractivity contribution in [2.24, 2.45) is 0 Å². The van der Waals surface area contributed by atoms with Crippen LogP contribution in [0, 0.1) is 11.3 Å². The van der Waals surface area contributed by atoms with Crippen LogP contribution >= 0.6 is 11.6 Å². The number of aromatic nitrogens is 2. The molecule has 0 aliphatic carbocycles. The number of benzene rings is 2. The van der Waals surface area contributed by atoms with Crippen LogP contribution in [-0.2, 0) is 13.0 Å². The van der Waals surface area contributed by atoms with Crippen LogP contribution in [0.2, 0.25) is 5.02 Å². The summed E-state index contributed by atoms with van der Waals surface area (Å²) in [6.45, 7) is 0.645. The van der Waals surface area contributed by atoms with Gasteiger partial charge in [-0.05, 0) is 29.3 Å². The molecule has 1 aromatic heterocycles. The second-order valence-corrected chi connectivity index (χ2v) is 5.48. The standard InChI is InChI=1S/C18H14ClN3/c19-17-7-5-14(6-8-17)11-18-21-9-10-22(18)13-16-4-2-1-3-15(16)12-20/h1-10H,11,13H2. The van der Waals surface area contributed by atoms with Crippen molar-refractivity contribution in [1.29, 1.82) is 5.26 Å². The Balaban J connectivity index is 1.83. The maximum atomic E-state index is 9.19. The summed E-state index contributed by atoms with van der Waals surface area (Å²) in [4.78, 5) is 4.43. The molecule has 3 nitrogen and oxygen atoms in total. The minimum absolute atomic E-state index is 0.645. The SMILES string of the molecule is N#Cc1ccccc1Cn1ccnc1Cc1ccc(Cl)cc1. The van der Waals surface area contributed by atoms with Gasteiger partial charge in [0.15, 0.2) is 0 Å². The third-order valence-electron chi connectivity index (χ3n) is 3.56. The quantitative estimate of drug-likeness (QED) is 0.729. The molecule has 0 fully saturated rings. The first kappa shape index (κ1) is 14.4. The van der Waals surface area contributed by atoms with Gasteiger partial charge in [-0.25, -0.2) is 4.98 Å². The molecule has 22 heavy (non-hydrogen) atoms. The van der Waals surface area contributed by atoms with Crippen molar-refractivity contribution in [3.05, 3.63) is 88.5 Å². The van der Waals surface area contributed by atoms with Gasteiger partial charge in [-0.3, -0.25) is 0 Å². The Labute approximate surface area is 134 Å². The van der Waals surface area contributed by atoms with Crippen LogP contribution in [0.1, 0.15) is 22.5 Å². The van der Waals surface area contributed by atoms with Crippen molar-refractivity contribution in [2.75, 3.05) is 0 Å². The number of nitrogens with zero attached hydrogens (tertiary/aromatic N) is 3. The summed E-state index contributed by atoms with van der Waals surface area (Å²) in [5.41, 5.74) is 2.86. The molecule has 0 saturated carbocycles. The summed E-state index contributed by atoms with van der Waals surface area (Å²) in [6, 6.07) is 17.7. The number of halogens is 1. The summed E-state index contributed by atoms with van der Waals surface area (Å²) >= 11 is 5.91. The third kappa shape index (κ3) is 3.19. The lowest BCUT2D eigenvalue weighted by Crippen LogP contribution is -2.06. The van der Waals surface area contributed by atoms with Crippen LogP contribution in [0.4, 0.5) is 0 Å². The topological polar surface area (TPSA) is 41.6 Å². The maximum absolute atomic E-state index is 9.19. The van der Waals surface area contributed by atoms with Gasteiger partial charge >= 0.3 is 0 Å². The average molecular weight is 308 g/mol. The van der Waals surface area contributed by atoms with Crippen molar-refractivity contribution in [3.8, 4) is 6.07 Å². The van der Waals surface area contributed by atoms with Crippen molar-refractivity contribution < 1.29 is 0 Å². The molecule has 0 atom stereocenters. The lowest BCUT2D eigenvalue weighted by Gasteiger charge is -2.09. The second-order valence-electron chi connectivity index (χ2n) is 5.04. The minimum Gasteiger partial charge on any atom is -0.330 e. The maximum Gasteiger partial charge on any atom is 0.113 e. The van der Waals surface area contributed by atoms with Crippen molar-refractivity contribution in [2.45, 2.75) is 13.0 Å². The number of nitriles is 1. The van der Waals surface area contributed by atoms with E-state index in [1.165, 1.54) is 0 Å². The average Bonchev–Trinajstić information content (AvgIpc) is 2.97. The van der Waals surface area contributed by atoms with E-state index in [9.17, 15) is 5.26 Å². The van der Waals surface area contributed by atoms with E-state index >= 15 is 0 Å². The fourth-order valence-corrected chi connectivity index (χ4v) is 2.51. The van der Waals surface area contributed by atoms with Gasteiger partial charge in [-0.2, -0.15) is 5.26 Å². The molecule has 0 bridgehead atoms. The smallest absolute Gasteiger partial charge is 0.113 e. The van der Waals surface area contributed by atoms with Gasteiger partial charge in [-0.1, -0.05) is 41.9 Å². The monoisotopic (exact) mass is 307 g/mol. The lowest BCUT2D eigenvalue weighted by atomic mass is 10.1. The molecule has 0 unspecified atom stereocenters. The van der Waals surface area contributed by atoms with Crippen LogP contribution in [0.25, 0.3) is 0 Å². The molecular formula is C18H14ClN3. The molecule has 0 radical (unpaired) electrons. The molecule has 3 aromatic rings. The highest BCUT2D eigenvalue weighted by Crippen LogP contribution is 2.15. The van der Waals surface area contributed by atoms with Crippen LogP contribution in [0.15, 0.2) is 60.9 Å². The fraction of sp³-hybridized carbons (Fsp3) is 0.111. The summed E-state index contributed by atoms with van der Waals surface area (Å²) < 4.78 is 2.07. The second kappa shape index (κ2) is 6.46. The van der Waals surface area contributed by atoms with Gasteiger partial charge in [0.2, 0.25) is 0 Å². The van der Waals surface area contributed by atoms with E-state index < -0.39 is 0 Å². The van der Waals surface area contributed by atoms with Gasteiger partial charge in [0, 0.05) is 23.8 Å². The summed E-state index contributed by atoms with van der Waals surface area (Å²) in [5.74, 6) is 0.968. The molecule has 0 aliphatic heterocycles. The molecule has 4 heteroatoms. The molecule has 108 valence electrons. The molecule has 0 spiro atoms. The first-order valence-electron chi connectivity index (χ1n) is 6.99. The van der Waals surface area contributed by atoms with Gasteiger partial charge in [0.1, 0.15) is 5.82 Å². The summed E-state index contributed by atoms with van der Waals surface area (Å²) in [6.07, 6.45) is 4.47. The van der Waals surface area contributed by atoms with Crippen molar-refractivity contribution >= 4 is 11.6 Å². The number of imidazole rings is 1. The van der Waals surface area contributed by atoms with E-state index in [4.69, 9.17) is 11.6 Å². The zero-order chi connectivity index (χ0) is 15.4. The van der Waals surface area contributed by atoms with Crippen LogP contribution in [0.5, 0.6) is 0 Å². The van der Waals surface area contributed by atoms with E-state index in [1.807, 2.05) is 54.7 Å². The fourth-order valence-electron chi connectivity index (χ4n) is 2.39. The third-order valence-corrected chi connectivity index (χ3v) is 3.81. The Morgan fingerprint density at radius 3 is 2.64 bits per heavy atom. The van der Waals surface area contributed by atoms with Crippen LogP contribution in [0.3, 0.4) is 0 Å². The summed E-state index contributed by atoms with van der Waals surface area (Å²) in [7, 11) is 0. The molecule has 3 rings (SSSR count). The molecular weight excluding hydrogens is 294 g/mol. The van der Waals surface area contributed by atoms with Crippen LogP contribution in [-0.4, -0.2) is 9.55 Å². The van der Waals surface area contributed by atoms with E-state index in [0.717, 1.165) is 28.4 Å². The predicted molar refractivity (Wildman–Crippen MR) is 86.7 cm³/mol.